The SMILES string of the molecule is CC(CS(=O)(=O)Nc1ccc(Br)cc1F)c1ccccc1. The first-order chi connectivity index (χ1) is 9.87. The van der Waals surface area contributed by atoms with Gasteiger partial charge in [-0.05, 0) is 29.7 Å². The molecule has 0 fully saturated rings. The third-order valence-corrected chi connectivity index (χ3v) is 5.00. The molecular weight excluding hydrogens is 357 g/mol. The molecule has 0 aliphatic heterocycles. The highest BCUT2D eigenvalue weighted by atomic mass is 79.9. The van der Waals surface area contributed by atoms with E-state index in [-0.39, 0.29) is 17.4 Å². The van der Waals surface area contributed by atoms with E-state index in [0.717, 1.165) is 5.56 Å². The Bertz CT molecular complexity index is 720. The molecule has 1 N–H and O–H groups in total. The van der Waals surface area contributed by atoms with Crippen molar-refractivity contribution in [3.63, 3.8) is 0 Å². The Morgan fingerprint density at radius 2 is 1.86 bits per heavy atom. The van der Waals surface area contributed by atoms with Crippen LogP contribution in [0.5, 0.6) is 0 Å². The lowest BCUT2D eigenvalue weighted by atomic mass is 10.0. The molecule has 0 heterocycles. The fourth-order valence-corrected chi connectivity index (χ4v) is 3.76. The summed E-state index contributed by atoms with van der Waals surface area (Å²) >= 11 is 3.13. The lowest BCUT2D eigenvalue weighted by Gasteiger charge is -2.14. The third-order valence-electron chi connectivity index (χ3n) is 3.03. The van der Waals surface area contributed by atoms with E-state index in [0.29, 0.717) is 4.47 Å². The van der Waals surface area contributed by atoms with Gasteiger partial charge in [0.1, 0.15) is 5.82 Å². The van der Waals surface area contributed by atoms with Crippen molar-refractivity contribution in [2.45, 2.75) is 12.8 Å². The zero-order valence-corrected chi connectivity index (χ0v) is 13.8. The zero-order valence-electron chi connectivity index (χ0n) is 11.4. The molecule has 112 valence electrons. The number of hydrogen-bond donors (Lipinski definition) is 1. The highest BCUT2D eigenvalue weighted by Gasteiger charge is 2.18. The van der Waals surface area contributed by atoms with Gasteiger partial charge in [-0.25, -0.2) is 12.8 Å². The fraction of sp³-hybridized carbons (Fsp3) is 0.200. The minimum atomic E-state index is -3.62. The van der Waals surface area contributed by atoms with Crippen molar-refractivity contribution in [1.82, 2.24) is 0 Å². The second-order valence-corrected chi connectivity index (χ2v) is 7.50. The van der Waals surface area contributed by atoms with Gasteiger partial charge in [0.05, 0.1) is 11.4 Å². The predicted octanol–water partition coefficient (Wildman–Crippen LogP) is 4.13. The largest absolute Gasteiger partial charge is 0.281 e. The van der Waals surface area contributed by atoms with Crippen LogP contribution < -0.4 is 4.72 Å². The number of halogens is 2. The van der Waals surface area contributed by atoms with Crippen LogP contribution in [0.15, 0.2) is 53.0 Å². The van der Waals surface area contributed by atoms with Gasteiger partial charge in [-0.1, -0.05) is 53.2 Å². The van der Waals surface area contributed by atoms with Gasteiger partial charge in [0.2, 0.25) is 10.0 Å². The number of sulfonamides is 1. The van der Waals surface area contributed by atoms with E-state index in [2.05, 4.69) is 20.7 Å². The summed E-state index contributed by atoms with van der Waals surface area (Å²) in [6.07, 6.45) is 0. The molecule has 0 bridgehead atoms. The van der Waals surface area contributed by atoms with E-state index in [1.165, 1.54) is 12.1 Å². The molecule has 0 saturated carbocycles. The Kier molecular flexibility index (Phi) is 5.00. The van der Waals surface area contributed by atoms with Crippen LogP contribution in [0.3, 0.4) is 0 Å². The second kappa shape index (κ2) is 6.58. The van der Waals surface area contributed by atoms with Gasteiger partial charge < -0.3 is 0 Å². The standard InChI is InChI=1S/C15H15BrFNO2S/c1-11(12-5-3-2-4-6-12)10-21(19,20)18-15-8-7-13(16)9-14(15)17/h2-9,11,18H,10H2,1H3. The summed E-state index contributed by atoms with van der Waals surface area (Å²) in [5.74, 6) is -0.894. The molecule has 1 unspecified atom stereocenters. The highest BCUT2D eigenvalue weighted by molar-refractivity contribution is 9.10. The molecule has 6 heteroatoms. The highest BCUT2D eigenvalue weighted by Crippen LogP contribution is 2.22. The van der Waals surface area contributed by atoms with Gasteiger partial charge >= 0.3 is 0 Å². The maximum atomic E-state index is 13.7. The van der Waals surface area contributed by atoms with Crippen molar-refractivity contribution >= 4 is 31.6 Å². The van der Waals surface area contributed by atoms with Crippen LogP contribution in [-0.2, 0) is 10.0 Å². The first-order valence-corrected chi connectivity index (χ1v) is 8.82. The van der Waals surface area contributed by atoms with Crippen LogP contribution in [0.1, 0.15) is 18.4 Å². The molecule has 0 aliphatic rings. The summed E-state index contributed by atoms with van der Waals surface area (Å²) in [4.78, 5) is 0. The van der Waals surface area contributed by atoms with E-state index >= 15 is 0 Å². The van der Waals surface area contributed by atoms with E-state index in [1.807, 2.05) is 37.3 Å². The van der Waals surface area contributed by atoms with Gasteiger partial charge in [0.25, 0.3) is 0 Å². The minimum absolute atomic E-state index is 0.0431. The molecule has 0 radical (unpaired) electrons. The topological polar surface area (TPSA) is 46.2 Å². The summed E-state index contributed by atoms with van der Waals surface area (Å²) in [6.45, 7) is 1.83. The Balaban J connectivity index is 2.12. The van der Waals surface area contributed by atoms with E-state index in [9.17, 15) is 12.8 Å². The molecule has 3 nitrogen and oxygen atoms in total. The number of hydrogen-bond acceptors (Lipinski definition) is 2. The Morgan fingerprint density at radius 1 is 1.19 bits per heavy atom. The van der Waals surface area contributed by atoms with Crippen molar-refractivity contribution in [3.8, 4) is 0 Å². The maximum absolute atomic E-state index is 13.7. The summed E-state index contributed by atoms with van der Waals surface area (Å²) in [5.41, 5.74) is 0.887. The molecule has 0 spiro atoms. The molecule has 2 aromatic carbocycles. The number of benzene rings is 2. The van der Waals surface area contributed by atoms with Crippen LogP contribution in [0.25, 0.3) is 0 Å². The van der Waals surface area contributed by atoms with E-state index < -0.39 is 15.8 Å². The monoisotopic (exact) mass is 371 g/mol. The van der Waals surface area contributed by atoms with E-state index in [1.54, 1.807) is 6.07 Å². The second-order valence-electron chi connectivity index (χ2n) is 4.82. The number of nitrogens with one attached hydrogen (secondary N) is 1. The van der Waals surface area contributed by atoms with Crippen molar-refractivity contribution in [2.75, 3.05) is 10.5 Å². The van der Waals surface area contributed by atoms with Crippen molar-refractivity contribution < 1.29 is 12.8 Å². The Morgan fingerprint density at radius 3 is 2.48 bits per heavy atom. The molecular formula is C15H15BrFNO2S. The summed E-state index contributed by atoms with van der Waals surface area (Å²) < 4.78 is 40.8. The number of anilines is 1. The lowest BCUT2D eigenvalue weighted by molar-refractivity contribution is 0.593. The molecule has 2 aromatic rings. The first-order valence-electron chi connectivity index (χ1n) is 6.38. The molecule has 0 aliphatic carbocycles. The fourth-order valence-electron chi connectivity index (χ4n) is 1.99. The van der Waals surface area contributed by atoms with Gasteiger partial charge in [0.15, 0.2) is 0 Å². The smallest absolute Gasteiger partial charge is 0.233 e. The third kappa shape index (κ3) is 4.54. The quantitative estimate of drug-likeness (QED) is 0.858. The zero-order chi connectivity index (χ0) is 15.5. The first kappa shape index (κ1) is 16.0. The normalized spacial score (nSPS) is 12.9. The molecule has 21 heavy (non-hydrogen) atoms. The molecule has 0 saturated heterocycles. The van der Waals surface area contributed by atoms with Gasteiger partial charge in [0, 0.05) is 4.47 Å². The molecule has 1 atom stereocenters. The molecule has 2 rings (SSSR count). The van der Waals surface area contributed by atoms with Gasteiger partial charge in [-0.2, -0.15) is 0 Å². The van der Waals surface area contributed by atoms with Crippen molar-refractivity contribution in [2.24, 2.45) is 0 Å². The lowest BCUT2D eigenvalue weighted by Crippen LogP contribution is -2.21. The minimum Gasteiger partial charge on any atom is -0.281 e. The van der Waals surface area contributed by atoms with Gasteiger partial charge in [-0.3, -0.25) is 4.72 Å². The van der Waals surface area contributed by atoms with E-state index in [4.69, 9.17) is 0 Å². The Hall–Kier alpha value is -1.40. The summed E-state index contributed by atoms with van der Waals surface area (Å²) in [7, 11) is -3.62. The van der Waals surface area contributed by atoms with Crippen molar-refractivity contribution in [1.29, 1.82) is 0 Å². The van der Waals surface area contributed by atoms with Crippen LogP contribution >= 0.6 is 15.9 Å². The number of rotatable bonds is 5. The van der Waals surface area contributed by atoms with Crippen LogP contribution in [-0.4, -0.2) is 14.2 Å². The van der Waals surface area contributed by atoms with Crippen molar-refractivity contribution in [3.05, 3.63) is 64.4 Å². The maximum Gasteiger partial charge on any atom is 0.233 e. The predicted molar refractivity (Wildman–Crippen MR) is 86.4 cm³/mol. The molecule has 0 amide bonds. The van der Waals surface area contributed by atoms with Crippen LogP contribution in [0.2, 0.25) is 0 Å². The van der Waals surface area contributed by atoms with Crippen LogP contribution in [0.4, 0.5) is 10.1 Å². The van der Waals surface area contributed by atoms with Crippen LogP contribution in [0, 0.1) is 5.82 Å². The Labute approximate surface area is 132 Å². The average molecular weight is 372 g/mol. The molecule has 0 aromatic heterocycles. The average Bonchev–Trinajstić information content (AvgIpc) is 2.42. The van der Waals surface area contributed by atoms with Gasteiger partial charge in [-0.15, -0.1) is 0 Å². The summed E-state index contributed by atoms with van der Waals surface area (Å²) in [5, 5.41) is 0. The summed E-state index contributed by atoms with van der Waals surface area (Å²) in [6, 6.07) is 13.5.